The number of pyridine rings is 1. The number of carbonyl (C=O) groups is 2. The number of nitrogens with zero attached hydrogens (tertiary/aromatic N) is 2. The van der Waals surface area contributed by atoms with Crippen molar-refractivity contribution in [2.75, 3.05) is 0 Å². The van der Waals surface area contributed by atoms with Gasteiger partial charge in [0.15, 0.2) is 5.92 Å². The molecule has 1 atom stereocenters. The molecule has 1 heterocycles. The predicted molar refractivity (Wildman–Crippen MR) is 83.6 cm³/mol. The van der Waals surface area contributed by atoms with E-state index in [2.05, 4.69) is 4.98 Å². The van der Waals surface area contributed by atoms with E-state index < -0.39 is 29.1 Å². The Labute approximate surface area is 136 Å². The molecule has 1 aromatic rings. The Morgan fingerprint density at radius 1 is 1.09 bits per heavy atom. The molecule has 0 N–H and O–H groups in total. The number of esters is 2. The van der Waals surface area contributed by atoms with E-state index in [4.69, 9.17) is 9.47 Å². The molecular weight excluding hydrogens is 296 g/mol. The van der Waals surface area contributed by atoms with Gasteiger partial charge in [-0.3, -0.25) is 9.78 Å². The summed E-state index contributed by atoms with van der Waals surface area (Å²) >= 11 is 0. The van der Waals surface area contributed by atoms with Crippen LogP contribution < -0.4 is 0 Å². The molecule has 0 radical (unpaired) electrons. The lowest BCUT2D eigenvalue weighted by Crippen LogP contribution is -2.27. The highest BCUT2D eigenvalue weighted by Crippen LogP contribution is 2.21. The van der Waals surface area contributed by atoms with Crippen molar-refractivity contribution in [3.05, 3.63) is 29.6 Å². The van der Waals surface area contributed by atoms with Gasteiger partial charge < -0.3 is 9.47 Å². The van der Waals surface area contributed by atoms with E-state index in [-0.39, 0.29) is 5.56 Å². The third-order valence-corrected chi connectivity index (χ3v) is 2.50. The largest absolute Gasteiger partial charge is 0.459 e. The number of hydrogen-bond donors (Lipinski definition) is 0. The summed E-state index contributed by atoms with van der Waals surface area (Å²) in [4.78, 5) is 28.1. The minimum absolute atomic E-state index is 0.182. The Balaban J connectivity index is 3.04. The molecule has 0 saturated heterocycles. The van der Waals surface area contributed by atoms with Crippen LogP contribution in [0.15, 0.2) is 18.5 Å². The van der Waals surface area contributed by atoms with E-state index >= 15 is 0 Å². The third-order valence-electron chi connectivity index (χ3n) is 2.50. The molecule has 0 bridgehead atoms. The maximum Gasteiger partial charge on any atom is 0.340 e. The molecule has 0 aliphatic heterocycles. The van der Waals surface area contributed by atoms with Gasteiger partial charge in [-0.05, 0) is 53.2 Å². The van der Waals surface area contributed by atoms with E-state index in [1.165, 1.54) is 18.5 Å². The normalized spacial score (nSPS) is 12.9. The van der Waals surface area contributed by atoms with Gasteiger partial charge in [0.25, 0.3) is 0 Å². The first kappa shape index (κ1) is 18.6. The highest BCUT2D eigenvalue weighted by Gasteiger charge is 2.28. The Morgan fingerprint density at radius 3 is 2.13 bits per heavy atom. The zero-order valence-electron chi connectivity index (χ0n) is 14.3. The van der Waals surface area contributed by atoms with Crippen molar-refractivity contribution < 1.29 is 19.1 Å². The molecule has 0 amide bonds. The summed E-state index contributed by atoms with van der Waals surface area (Å²) in [5.41, 5.74) is -0.874. The molecule has 0 aliphatic carbocycles. The second-order valence-corrected chi connectivity index (χ2v) is 7.10. The maximum atomic E-state index is 12.1. The molecule has 1 rings (SSSR count). The minimum Gasteiger partial charge on any atom is -0.459 e. The first-order valence-electron chi connectivity index (χ1n) is 7.24. The number of ether oxygens (including phenoxy) is 2. The molecule has 0 saturated carbocycles. The zero-order chi connectivity index (χ0) is 17.8. The number of carbonyl (C=O) groups excluding carboxylic acids is 2. The smallest absolute Gasteiger partial charge is 0.340 e. The average Bonchev–Trinajstić information content (AvgIpc) is 2.35. The molecule has 0 fully saturated rings. The standard InChI is InChI=1S/C17H22N2O4/c1-16(2,3)22-14(20)12-7-11(9-19-10-12)13(8-18)15(21)23-17(4,5)6/h7,9-10,13H,1-6H3. The van der Waals surface area contributed by atoms with Crippen molar-refractivity contribution in [2.24, 2.45) is 0 Å². The van der Waals surface area contributed by atoms with Crippen molar-refractivity contribution in [3.8, 4) is 6.07 Å². The Hall–Kier alpha value is -2.42. The van der Waals surface area contributed by atoms with Gasteiger partial charge in [-0.1, -0.05) is 0 Å². The van der Waals surface area contributed by atoms with E-state index in [0.29, 0.717) is 5.56 Å². The second kappa shape index (κ2) is 6.78. The third kappa shape index (κ3) is 6.07. The fraction of sp³-hybridized carbons (Fsp3) is 0.529. The van der Waals surface area contributed by atoms with Gasteiger partial charge in [0.1, 0.15) is 11.2 Å². The van der Waals surface area contributed by atoms with Crippen LogP contribution in [0.1, 0.15) is 63.4 Å². The molecule has 1 unspecified atom stereocenters. The van der Waals surface area contributed by atoms with Crippen molar-refractivity contribution in [1.29, 1.82) is 5.26 Å². The first-order chi connectivity index (χ1) is 10.4. The van der Waals surface area contributed by atoms with Crippen LogP contribution in [0.5, 0.6) is 0 Å². The molecule has 1 aromatic heterocycles. The van der Waals surface area contributed by atoms with Crippen molar-refractivity contribution >= 4 is 11.9 Å². The summed E-state index contributed by atoms with van der Waals surface area (Å²) in [6.45, 7) is 10.4. The monoisotopic (exact) mass is 318 g/mol. The minimum atomic E-state index is -1.15. The summed E-state index contributed by atoms with van der Waals surface area (Å²) in [7, 11) is 0. The number of nitriles is 1. The molecule has 23 heavy (non-hydrogen) atoms. The highest BCUT2D eigenvalue weighted by molar-refractivity contribution is 5.90. The van der Waals surface area contributed by atoms with Gasteiger partial charge in [-0.25, -0.2) is 4.79 Å². The Kier molecular flexibility index (Phi) is 5.49. The molecular formula is C17H22N2O4. The summed E-state index contributed by atoms with van der Waals surface area (Å²) < 4.78 is 10.5. The van der Waals surface area contributed by atoms with Crippen molar-refractivity contribution in [2.45, 2.75) is 58.7 Å². The lowest BCUT2D eigenvalue weighted by Gasteiger charge is -2.22. The molecule has 124 valence electrons. The van der Waals surface area contributed by atoms with E-state index in [9.17, 15) is 14.9 Å². The lowest BCUT2D eigenvalue weighted by molar-refractivity contribution is -0.155. The van der Waals surface area contributed by atoms with Crippen molar-refractivity contribution in [3.63, 3.8) is 0 Å². The van der Waals surface area contributed by atoms with E-state index in [1.807, 2.05) is 6.07 Å². The SMILES string of the molecule is CC(C)(C)OC(=O)c1cncc(C(C#N)C(=O)OC(C)(C)C)c1. The number of hydrogen-bond acceptors (Lipinski definition) is 6. The van der Waals surface area contributed by atoms with E-state index in [1.54, 1.807) is 41.5 Å². The van der Waals surface area contributed by atoms with Crippen molar-refractivity contribution in [1.82, 2.24) is 4.98 Å². The van der Waals surface area contributed by atoms with Gasteiger partial charge in [-0.2, -0.15) is 5.26 Å². The van der Waals surface area contributed by atoms with Gasteiger partial charge in [0.2, 0.25) is 0 Å². The molecule has 0 spiro atoms. The summed E-state index contributed by atoms with van der Waals surface area (Å²) in [5.74, 6) is -2.39. The first-order valence-corrected chi connectivity index (χ1v) is 7.24. The summed E-state index contributed by atoms with van der Waals surface area (Å²) in [6, 6.07) is 3.32. The quantitative estimate of drug-likeness (QED) is 0.796. The summed E-state index contributed by atoms with van der Waals surface area (Å²) in [6.07, 6.45) is 2.70. The van der Waals surface area contributed by atoms with E-state index in [0.717, 1.165) is 0 Å². The fourth-order valence-corrected chi connectivity index (χ4v) is 1.69. The van der Waals surface area contributed by atoms with Gasteiger partial charge in [0.05, 0.1) is 11.6 Å². The molecule has 0 aromatic carbocycles. The molecule has 0 aliphatic rings. The topological polar surface area (TPSA) is 89.3 Å². The van der Waals surface area contributed by atoms with Crippen LogP contribution in [-0.2, 0) is 14.3 Å². The maximum absolute atomic E-state index is 12.1. The van der Waals surface area contributed by atoms with Crippen LogP contribution in [0.4, 0.5) is 0 Å². The molecule has 6 heteroatoms. The van der Waals surface area contributed by atoms with Crippen LogP contribution in [0, 0.1) is 11.3 Å². The van der Waals surface area contributed by atoms with Crippen LogP contribution in [-0.4, -0.2) is 28.1 Å². The average molecular weight is 318 g/mol. The Bertz CT molecular complexity index is 633. The second-order valence-electron chi connectivity index (χ2n) is 7.10. The van der Waals surface area contributed by atoms with Gasteiger partial charge in [-0.15, -0.1) is 0 Å². The van der Waals surface area contributed by atoms with Gasteiger partial charge in [0, 0.05) is 12.4 Å². The van der Waals surface area contributed by atoms with Crippen LogP contribution in [0.25, 0.3) is 0 Å². The van der Waals surface area contributed by atoms with Crippen LogP contribution >= 0.6 is 0 Å². The number of rotatable bonds is 3. The lowest BCUT2D eigenvalue weighted by atomic mass is 10.0. The zero-order valence-corrected chi connectivity index (χ0v) is 14.3. The summed E-state index contributed by atoms with van der Waals surface area (Å²) in [5, 5.41) is 9.27. The van der Waals surface area contributed by atoms with Gasteiger partial charge >= 0.3 is 11.9 Å². The number of aromatic nitrogens is 1. The highest BCUT2D eigenvalue weighted by atomic mass is 16.6. The molecule has 6 nitrogen and oxygen atoms in total. The van der Waals surface area contributed by atoms with Crippen LogP contribution in [0.3, 0.4) is 0 Å². The predicted octanol–water partition coefficient (Wildman–Crippen LogP) is 2.99. The Morgan fingerprint density at radius 2 is 1.65 bits per heavy atom. The van der Waals surface area contributed by atoms with Crippen LogP contribution in [0.2, 0.25) is 0 Å². The fourth-order valence-electron chi connectivity index (χ4n) is 1.69.